The first-order chi connectivity index (χ1) is 10.8. The van der Waals surface area contributed by atoms with Gasteiger partial charge in [0.15, 0.2) is 5.16 Å². The monoisotopic (exact) mass is 353 g/mol. The van der Waals surface area contributed by atoms with Crippen molar-refractivity contribution in [1.82, 2.24) is 9.55 Å². The van der Waals surface area contributed by atoms with Crippen LogP contribution in [-0.4, -0.2) is 20.7 Å². The Morgan fingerprint density at radius 2 is 2.13 bits per heavy atom. The maximum absolute atomic E-state index is 12.8. The largest absolute Gasteiger partial charge is 0.369 e. The van der Waals surface area contributed by atoms with Crippen molar-refractivity contribution in [2.24, 2.45) is 11.7 Å². The van der Waals surface area contributed by atoms with Gasteiger partial charge in [0.1, 0.15) is 0 Å². The predicted octanol–water partition coefficient (Wildman–Crippen LogP) is 3.06. The summed E-state index contributed by atoms with van der Waals surface area (Å²) in [4.78, 5) is 28.9. The van der Waals surface area contributed by atoms with Gasteiger partial charge >= 0.3 is 0 Å². The first kappa shape index (κ1) is 17.8. The van der Waals surface area contributed by atoms with E-state index in [1.54, 1.807) is 22.8 Å². The molecule has 0 radical (unpaired) electrons. The standard InChI is InChI=1S/C16H20ClN3O2S/c1-4-13(14(18)21)23-16-19-12-6-5-10(17)7-11(12)15(22)20(16)8-9(2)3/h5-7,9,13H,4,8H2,1-3H3,(H2,18,21). The van der Waals surface area contributed by atoms with Gasteiger partial charge in [0.05, 0.1) is 16.2 Å². The summed E-state index contributed by atoms with van der Waals surface area (Å²) in [7, 11) is 0. The molecule has 1 unspecified atom stereocenters. The molecule has 2 aromatic rings. The zero-order chi connectivity index (χ0) is 17.1. The Bertz CT molecular complexity index is 789. The third kappa shape index (κ3) is 4.06. The van der Waals surface area contributed by atoms with E-state index >= 15 is 0 Å². The minimum Gasteiger partial charge on any atom is -0.369 e. The molecule has 7 heteroatoms. The molecule has 0 saturated carbocycles. The Labute approximate surface area is 144 Å². The first-order valence-corrected chi connectivity index (χ1v) is 8.75. The van der Waals surface area contributed by atoms with Gasteiger partial charge in [0.2, 0.25) is 5.91 Å². The number of carbonyl (C=O) groups excluding carboxylic acids is 1. The molecule has 0 saturated heterocycles. The van der Waals surface area contributed by atoms with Crippen molar-refractivity contribution < 1.29 is 4.79 Å². The second-order valence-electron chi connectivity index (χ2n) is 5.78. The summed E-state index contributed by atoms with van der Waals surface area (Å²) in [5.74, 6) is -0.141. The third-order valence-electron chi connectivity index (χ3n) is 3.36. The Morgan fingerprint density at radius 1 is 1.43 bits per heavy atom. The smallest absolute Gasteiger partial charge is 0.262 e. The number of aromatic nitrogens is 2. The van der Waals surface area contributed by atoms with Gasteiger partial charge in [0.25, 0.3) is 5.56 Å². The van der Waals surface area contributed by atoms with E-state index in [1.165, 1.54) is 11.8 Å². The number of carbonyl (C=O) groups is 1. The van der Waals surface area contributed by atoms with Crippen LogP contribution in [0.1, 0.15) is 27.2 Å². The van der Waals surface area contributed by atoms with Crippen LogP contribution in [0.25, 0.3) is 10.9 Å². The van der Waals surface area contributed by atoms with Crippen LogP contribution >= 0.6 is 23.4 Å². The number of halogens is 1. The number of amides is 1. The van der Waals surface area contributed by atoms with Gasteiger partial charge in [-0.15, -0.1) is 0 Å². The summed E-state index contributed by atoms with van der Waals surface area (Å²) in [6, 6.07) is 5.04. The minimum absolute atomic E-state index is 0.145. The Balaban J connectivity index is 2.63. The quantitative estimate of drug-likeness (QED) is 0.639. The van der Waals surface area contributed by atoms with E-state index in [0.717, 1.165) is 0 Å². The van der Waals surface area contributed by atoms with Crippen molar-refractivity contribution in [3.05, 3.63) is 33.6 Å². The maximum Gasteiger partial charge on any atom is 0.262 e. The lowest BCUT2D eigenvalue weighted by atomic mass is 10.2. The van der Waals surface area contributed by atoms with Crippen LogP contribution in [0.4, 0.5) is 0 Å². The average molecular weight is 354 g/mol. The van der Waals surface area contributed by atoms with Gasteiger partial charge < -0.3 is 5.73 Å². The fraction of sp³-hybridized carbons (Fsp3) is 0.438. The van der Waals surface area contributed by atoms with Gasteiger partial charge in [-0.05, 0) is 30.5 Å². The van der Waals surface area contributed by atoms with Crippen LogP contribution in [0.3, 0.4) is 0 Å². The highest BCUT2D eigenvalue weighted by atomic mass is 35.5. The van der Waals surface area contributed by atoms with Crippen molar-refractivity contribution in [2.75, 3.05) is 0 Å². The minimum atomic E-state index is -0.412. The van der Waals surface area contributed by atoms with Crippen molar-refractivity contribution in [1.29, 1.82) is 0 Å². The van der Waals surface area contributed by atoms with Gasteiger partial charge in [-0.3, -0.25) is 14.2 Å². The molecule has 0 aliphatic rings. The highest BCUT2D eigenvalue weighted by Crippen LogP contribution is 2.25. The zero-order valence-electron chi connectivity index (χ0n) is 13.4. The fourth-order valence-corrected chi connectivity index (χ4v) is 3.40. The molecule has 0 bridgehead atoms. The number of fused-ring (bicyclic) bond motifs is 1. The molecule has 0 fully saturated rings. The fourth-order valence-electron chi connectivity index (χ4n) is 2.26. The van der Waals surface area contributed by atoms with Crippen LogP contribution < -0.4 is 11.3 Å². The molecule has 0 aliphatic heterocycles. The molecule has 2 rings (SSSR count). The average Bonchev–Trinajstić information content (AvgIpc) is 2.48. The molecule has 1 aromatic heterocycles. The topological polar surface area (TPSA) is 78.0 Å². The van der Waals surface area contributed by atoms with Gasteiger partial charge in [0, 0.05) is 11.6 Å². The van der Waals surface area contributed by atoms with Crippen molar-refractivity contribution in [3.8, 4) is 0 Å². The number of nitrogens with two attached hydrogens (primary N) is 1. The predicted molar refractivity (Wildman–Crippen MR) is 95.0 cm³/mol. The number of hydrogen-bond donors (Lipinski definition) is 1. The second-order valence-corrected chi connectivity index (χ2v) is 7.39. The van der Waals surface area contributed by atoms with Crippen LogP contribution in [0.15, 0.2) is 28.2 Å². The zero-order valence-corrected chi connectivity index (χ0v) is 14.9. The lowest BCUT2D eigenvalue weighted by Gasteiger charge is -2.17. The molecule has 23 heavy (non-hydrogen) atoms. The Hall–Kier alpha value is -1.53. The summed E-state index contributed by atoms with van der Waals surface area (Å²) in [5.41, 5.74) is 5.85. The van der Waals surface area contributed by atoms with E-state index in [-0.39, 0.29) is 11.5 Å². The highest BCUT2D eigenvalue weighted by molar-refractivity contribution is 8.00. The molecular weight excluding hydrogens is 334 g/mol. The first-order valence-electron chi connectivity index (χ1n) is 7.49. The second kappa shape index (κ2) is 7.36. The van der Waals surface area contributed by atoms with Crippen LogP contribution in [0.5, 0.6) is 0 Å². The number of benzene rings is 1. The van der Waals surface area contributed by atoms with E-state index in [0.29, 0.717) is 34.0 Å². The summed E-state index contributed by atoms with van der Waals surface area (Å²) < 4.78 is 1.61. The Morgan fingerprint density at radius 3 is 2.70 bits per heavy atom. The maximum atomic E-state index is 12.8. The lowest BCUT2D eigenvalue weighted by Crippen LogP contribution is -2.29. The molecule has 1 aromatic carbocycles. The molecule has 0 spiro atoms. The molecule has 5 nitrogen and oxygen atoms in total. The normalized spacial score (nSPS) is 12.7. The van der Waals surface area contributed by atoms with Crippen molar-refractivity contribution in [2.45, 2.75) is 44.1 Å². The van der Waals surface area contributed by atoms with Gasteiger partial charge in [-0.2, -0.15) is 0 Å². The van der Waals surface area contributed by atoms with E-state index in [1.807, 2.05) is 20.8 Å². The summed E-state index contributed by atoms with van der Waals surface area (Å²) in [5, 5.41) is 1.08. The molecular formula is C16H20ClN3O2S. The van der Waals surface area contributed by atoms with Crippen molar-refractivity contribution >= 4 is 40.2 Å². The molecule has 0 aliphatic carbocycles. The number of nitrogens with zero attached hydrogens (tertiary/aromatic N) is 2. The van der Waals surface area contributed by atoms with E-state index in [9.17, 15) is 9.59 Å². The van der Waals surface area contributed by atoms with E-state index in [2.05, 4.69) is 4.98 Å². The van der Waals surface area contributed by atoms with Crippen molar-refractivity contribution in [3.63, 3.8) is 0 Å². The third-order valence-corrected chi connectivity index (χ3v) is 4.97. The van der Waals surface area contributed by atoms with Crippen LogP contribution in [0, 0.1) is 5.92 Å². The summed E-state index contributed by atoms with van der Waals surface area (Å²) in [6.07, 6.45) is 0.580. The van der Waals surface area contributed by atoms with E-state index < -0.39 is 11.2 Å². The summed E-state index contributed by atoms with van der Waals surface area (Å²) >= 11 is 7.24. The molecule has 1 atom stereocenters. The number of rotatable bonds is 6. The van der Waals surface area contributed by atoms with Gasteiger partial charge in [-0.25, -0.2) is 4.98 Å². The Kier molecular flexibility index (Phi) is 5.70. The van der Waals surface area contributed by atoms with Crippen LogP contribution in [0.2, 0.25) is 5.02 Å². The summed E-state index contributed by atoms with van der Waals surface area (Å²) in [6.45, 7) is 6.45. The highest BCUT2D eigenvalue weighted by Gasteiger charge is 2.20. The molecule has 2 N–H and O–H groups in total. The lowest BCUT2D eigenvalue weighted by molar-refractivity contribution is -0.117. The number of primary amides is 1. The number of hydrogen-bond acceptors (Lipinski definition) is 4. The molecule has 124 valence electrons. The van der Waals surface area contributed by atoms with Gasteiger partial charge in [-0.1, -0.05) is 44.1 Å². The number of thioether (sulfide) groups is 1. The van der Waals surface area contributed by atoms with E-state index in [4.69, 9.17) is 17.3 Å². The SMILES string of the molecule is CCC(Sc1nc2ccc(Cl)cc2c(=O)n1CC(C)C)C(N)=O. The molecule has 1 heterocycles. The van der Waals surface area contributed by atoms with Crippen LogP contribution in [-0.2, 0) is 11.3 Å². The molecule has 1 amide bonds.